The first-order valence-corrected chi connectivity index (χ1v) is 11.9. The second kappa shape index (κ2) is 9.96. The van der Waals surface area contributed by atoms with Gasteiger partial charge in [0.25, 0.3) is 5.91 Å². The van der Waals surface area contributed by atoms with Gasteiger partial charge in [-0.3, -0.25) is 20.1 Å². The Labute approximate surface area is 206 Å². The predicted octanol–water partition coefficient (Wildman–Crippen LogP) is 3.81. The molecule has 2 aliphatic rings. The van der Waals surface area contributed by atoms with E-state index in [1.54, 1.807) is 6.20 Å². The van der Waals surface area contributed by atoms with E-state index in [1.807, 2.05) is 12.1 Å². The number of H-pyrrole nitrogens is 1. The summed E-state index contributed by atoms with van der Waals surface area (Å²) < 4.78 is 5.24. The molecule has 10 nitrogen and oxygen atoms in total. The minimum absolute atomic E-state index is 0.0216. The molecule has 0 saturated heterocycles. The van der Waals surface area contributed by atoms with Crippen LogP contribution in [0.4, 0.5) is 10.5 Å². The number of pyridine rings is 1. The lowest BCUT2D eigenvalue weighted by atomic mass is 9.77. The maximum Gasteiger partial charge on any atom is 0.413 e. The monoisotopic (exact) mass is 529 g/mol. The third kappa shape index (κ3) is 5.64. The van der Waals surface area contributed by atoms with E-state index in [4.69, 9.17) is 4.98 Å². The second-order valence-corrected chi connectivity index (χ2v) is 10.0. The van der Waals surface area contributed by atoms with Gasteiger partial charge in [0.2, 0.25) is 5.96 Å². The number of alkyl carbamates (subject to hydrolysis) is 1. The summed E-state index contributed by atoms with van der Waals surface area (Å²) in [7, 11) is 1.30. The van der Waals surface area contributed by atoms with E-state index >= 15 is 0 Å². The molecule has 0 spiro atoms. The minimum atomic E-state index is -0.569. The van der Waals surface area contributed by atoms with Gasteiger partial charge in [0.05, 0.1) is 31.2 Å². The number of nitrogens with zero attached hydrogens (tertiary/aromatic N) is 3. The molecule has 3 heterocycles. The number of aromatic nitrogens is 3. The van der Waals surface area contributed by atoms with Crippen LogP contribution in [0.5, 0.6) is 0 Å². The predicted molar refractivity (Wildman–Crippen MR) is 133 cm³/mol. The highest BCUT2D eigenvalue weighted by Crippen LogP contribution is 2.39. The lowest BCUT2D eigenvalue weighted by Crippen LogP contribution is -2.45. The molecule has 180 valence electrons. The Kier molecular flexibility index (Phi) is 7.01. The highest BCUT2D eigenvalue weighted by atomic mass is 79.9. The Bertz CT molecular complexity index is 1160. The zero-order valence-electron chi connectivity index (χ0n) is 19.4. The molecule has 4 N–H and O–H groups in total. The summed E-state index contributed by atoms with van der Waals surface area (Å²) in [6.07, 6.45) is 6.08. The number of allylic oxidation sites excluding steroid dienone is 2. The first-order chi connectivity index (χ1) is 16.2. The zero-order chi connectivity index (χ0) is 24.3. The van der Waals surface area contributed by atoms with Gasteiger partial charge < -0.3 is 20.4 Å². The quantitative estimate of drug-likeness (QED) is 0.475. The van der Waals surface area contributed by atoms with Gasteiger partial charge in [0.15, 0.2) is 5.82 Å². The summed E-state index contributed by atoms with van der Waals surface area (Å²) in [5.74, 6) is 0.292. The SMILES string of the molecule is COC(=O)NC1=NCC(c2ccc(NC(=O)c3ncc(Br)[nH]3)c(C3=CCC(C)(C)CC3)n2)CN1. The molecular weight excluding hydrogens is 502 g/mol. The molecule has 0 aromatic carbocycles. The molecule has 1 atom stereocenters. The van der Waals surface area contributed by atoms with Gasteiger partial charge in [-0.05, 0) is 58.3 Å². The number of rotatable bonds is 4. The van der Waals surface area contributed by atoms with Crippen LogP contribution in [0.15, 0.2) is 34.0 Å². The topological polar surface area (TPSA) is 133 Å². The van der Waals surface area contributed by atoms with Gasteiger partial charge in [-0.2, -0.15) is 0 Å². The number of guanidine groups is 1. The minimum Gasteiger partial charge on any atom is -0.453 e. The molecule has 4 rings (SSSR count). The Morgan fingerprint density at radius 1 is 1.26 bits per heavy atom. The molecule has 1 aliphatic carbocycles. The number of hydrogen-bond acceptors (Lipinski definition) is 7. The fourth-order valence-electron chi connectivity index (χ4n) is 3.91. The van der Waals surface area contributed by atoms with E-state index in [-0.39, 0.29) is 23.1 Å². The molecule has 0 saturated carbocycles. The number of ether oxygens (including phenoxy) is 1. The van der Waals surface area contributed by atoms with Crippen molar-refractivity contribution >= 4 is 45.2 Å². The van der Waals surface area contributed by atoms with Crippen molar-refractivity contribution in [3.63, 3.8) is 0 Å². The number of hydrogen-bond donors (Lipinski definition) is 4. The van der Waals surface area contributed by atoms with Crippen LogP contribution in [-0.4, -0.2) is 53.1 Å². The zero-order valence-corrected chi connectivity index (χ0v) is 21.0. The van der Waals surface area contributed by atoms with Crippen molar-refractivity contribution in [1.29, 1.82) is 0 Å². The maximum absolute atomic E-state index is 12.8. The van der Waals surface area contributed by atoms with Crippen molar-refractivity contribution in [3.8, 4) is 0 Å². The van der Waals surface area contributed by atoms with E-state index in [0.29, 0.717) is 29.3 Å². The smallest absolute Gasteiger partial charge is 0.413 e. The molecule has 11 heteroatoms. The second-order valence-electron chi connectivity index (χ2n) is 9.15. The normalized spacial score (nSPS) is 19.4. The molecule has 2 aromatic heterocycles. The van der Waals surface area contributed by atoms with Gasteiger partial charge >= 0.3 is 6.09 Å². The Morgan fingerprint density at radius 2 is 2.09 bits per heavy atom. The van der Waals surface area contributed by atoms with Crippen LogP contribution in [0.25, 0.3) is 5.57 Å². The van der Waals surface area contributed by atoms with E-state index in [9.17, 15) is 9.59 Å². The van der Waals surface area contributed by atoms with E-state index in [0.717, 1.165) is 36.2 Å². The van der Waals surface area contributed by atoms with Crippen molar-refractivity contribution in [2.24, 2.45) is 10.4 Å². The molecule has 1 unspecified atom stereocenters. The van der Waals surface area contributed by atoms with Gasteiger partial charge in [0.1, 0.15) is 4.60 Å². The van der Waals surface area contributed by atoms with E-state index in [2.05, 4.69) is 71.5 Å². The Morgan fingerprint density at radius 3 is 2.71 bits per heavy atom. The number of anilines is 1. The first kappa shape index (κ1) is 23.9. The largest absolute Gasteiger partial charge is 0.453 e. The number of nitrogens with one attached hydrogen (secondary N) is 4. The molecule has 2 aromatic rings. The van der Waals surface area contributed by atoms with Crippen LogP contribution in [0.2, 0.25) is 0 Å². The molecule has 34 heavy (non-hydrogen) atoms. The van der Waals surface area contributed by atoms with Crippen LogP contribution in [0, 0.1) is 5.41 Å². The van der Waals surface area contributed by atoms with Crippen LogP contribution in [0.1, 0.15) is 61.0 Å². The molecule has 1 aliphatic heterocycles. The highest BCUT2D eigenvalue weighted by molar-refractivity contribution is 9.10. The highest BCUT2D eigenvalue weighted by Gasteiger charge is 2.26. The summed E-state index contributed by atoms with van der Waals surface area (Å²) in [5.41, 5.74) is 3.66. The van der Waals surface area contributed by atoms with Gasteiger partial charge in [-0.1, -0.05) is 19.9 Å². The van der Waals surface area contributed by atoms with Crippen molar-refractivity contribution < 1.29 is 14.3 Å². The first-order valence-electron chi connectivity index (χ1n) is 11.1. The van der Waals surface area contributed by atoms with Crippen molar-refractivity contribution in [1.82, 2.24) is 25.6 Å². The molecular formula is C23H28BrN7O3. The maximum atomic E-state index is 12.8. The summed E-state index contributed by atoms with van der Waals surface area (Å²) in [6, 6.07) is 3.80. The van der Waals surface area contributed by atoms with Gasteiger partial charge in [0, 0.05) is 18.2 Å². The van der Waals surface area contributed by atoms with E-state index < -0.39 is 6.09 Å². The molecule has 2 amide bonds. The number of amides is 2. The van der Waals surface area contributed by atoms with Crippen molar-refractivity contribution in [2.75, 3.05) is 25.5 Å². The summed E-state index contributed by atoms with van der Waals surface area (Å²) >= 11 is 3.28. The van der Waals surface area contributed by atoms with Gasteiger partial charge in [-0.15, -0.1) is 0 Å². The van der Waals surface area contributed by atoms with Crippen LogP contribution in [-0.2, 0) is 4.74 Å². The van der Waals surface area contributed by atoms with Crippen LogP contribution < -0.4 is 16.0 Å². The molecule has 0 fully saturated rings. The average Bonchev–Trinajstić information content (AvgIpc) is 3.26. The summed E-state index contributed by atoms with van der Waals surface area (Å²) in [6.45, 7) is 5.55. The number of carbonyl (C=O) groups is 2. The summed E-state index contributed by atoms with van der Waals surface area (Å²) in [5, 5.41) is 8.62. The average molecular weight is 530 g/mol. The van der Waals surface area contributed by atoms with Crippen molar-refractivity contribution in [2.45, 2.75) is 39.0 Å². The number of aromatic amines is 1. The molecule has 0 radical (unpaired) electrons. The fourth-order valence-corrected chi connectivity index (χ4v) is 4.20. The third-order valence-corrected chi connectivity index (χ3v) is 6.41. The Hall–Kier alpha value is -3.21. The number of halogens is 1. The van der Waals surface area contributed by atoms with Gasteiger partial charge in [-0.25, -0.2) is 9.78 Å². The number of aliphatic imine (C=N–C) groups is 1. The summed E-state index contributed by atoms with van der Waals surface area (Å²) in [4.78, 5) is 40.5. The van der Waals surface area contributed by atoms with Crippen LogP contribution in [0.3, 0.4) is 0 Å². The fraction of sp³-hybridized carbons (Fsp3) is 0.435. The standard InChI is InChI=1S/C23H28BrN7O3/c1-23(2)8-6-13(7-9-23)18-16(29-20(32)19-25-12-17(24)30-19)5-4-15(28-18)14-10-26-21(27-11-14)31-22(33)34-3/h4-6,12,14H,7-11H2,1-3H3,(H,25,30)(H,29,32)(H2,26,27,31,33). The molecule has 0 bridgehead atoms. The lowest BCUT2D eigenvalue weighted by Gasteiger charge is -2.29. The number of carbonyl (C=O) groups excluding carboxylic acids is 2. The number of methoxy groups -OCH3 is 1. The van der Waals surface area contributed by atoms with Crippen molar-refractivity contribution in [3.05, 3.63) is 46.2 Å². The number of imidazole rings is 1. The van der Waals surface area contributed by atoms with Crippen LogP contribution >= 0.6 is 15.9 Å². The Balaban J connectivity index is 1.59. The third-order valence-electron chi connectivity index (χ3n) is 6.01. The van der Waals surface area contributed by atoms with E-state index in [1.165, 1.54) is 7.11 Å². The lowest BCUT2D eigenvalue weighted by molar-refractivity contribution is 0.101.